The molecule has 0 saturated heterocycles. The first-order valence-corrected chi connectivity index (χ1v) is 12.5. The van der Waals surface area contributed by atoms with E-state index < -0.39 is 5.97 Å². The van der Waals surface area contributed by atoms with Gasteiger partial charge in [0, 0.05) is 18.1 Å². The van der Waals surface area contributed by atoms with Crippen LogP contribution in [0.2, 0.25) is 0 Å². The molecule has 0 aromatic heterocycles. The first kappa shape index (κ1) is 24.9. The third kappa shape index (κ3) is 5.41. The number of hydrogen-bond acceptors (Lipinski definition) is 5. The molecule has 0 heterocycles. The SMILES string of the molecule is CC(=O)Oc1cc(Br)c(Oc2cc(C(C)C)c(O)cc2C(=O)c2ccc3ccccc3c2)c(Br)c1. The maximum absolute atomic E-state index is 13.6. The van der Waals surface area contributed by atoms with Crippen molar-refractivity contribution in [2.75, 3.05) is 0 Å². The first-order chi connectivity index (χ1) is 16.6. The summed E-state index contributed by atoms with van der Waals surface area (Å²) < 4.78 is 12.4. The number of rotatable bonds is 6. The molecule has 0 radical (unpaired) electrons. The zero-order chi connectivity index (χ0) is 25.3. The molecule has 0 aliphatic carbocycles. The molecule has 0 atom stereocenters. The van der Waals surface area contributed by atoms with E-state index in [1.165, 1.54) is 13.0 Å². The summed E-state index contributed by atoms with van der Waals surface area (Å²) in [4.78, 5) is 24.9. The number of carbonyl (C=O) groups excluding carboxylic acids is 2. The Morgan fingerprint density at radius 3 is 2.17 bits per heavy atom. The Balaban J connectivity index is 1.81. The molecular formula is C28H22Br2O5. The third-order valence-corrected chi connectivity index (χ3v) is 6.63. The fourth-order valence-corrected chi connectivity index (χ4v) is 5.07. The van der Waals surface area contributed by atoms with E-state index in [-0.39, 0.29) is 23.0 Å². The van der Waals surface area contributed by atoms with Crippen LogP contribution in [-0.4, -0.2) is 16.9 Å². The number of carbonyl (C=O) groups is 2. The Labute approximate surface area is 219 Å². The number of ketones is 1. The second-order valence-electron chi connectivity index (χ2n) is 8.36. The average Bonchev–Trinajstić information content (AvgIpc) is 2.80. The molecule has 0 spiro atoms. The highest BCUT2D eigenvalue weighted by atomic mass is 79.9. The van der Waals surface area contributed by atoms with Crippen molar-refractivity contribution in [2.45, 2.75) is 26.7 Å². The van der Waals surface area contributed by atoms with Gasteiger partial charge in [-0.05, 0) is 78.9 Å². The lowest BCUT2D eigenvalue weighted by Crippen LogP contribution is -2.06. The van der Waals surface area contributed by atoms with E-state index in [0.717, 1.165) is 10.8 Å². The summed E-state index contributed by atoms with van der Waals surface area (Å²) in [5.74, 6) is 0.339. The summed E-state index contributed by atoms with van der Waals surface area (Å²) in [6.45, 7) is 5.22. The molecular weight excluding hydrogens is 576 g/mol. The van der Waals surface area contributed by atoms with Gasteiger partial charge in [0.15, 0.2) is 11.5 Å². The topological polar surface area (TPSA) is 72.8 Å². The van der Waals surface area contributed by atoms with Crippen molar-refractivity contribution >= 4 is 54.4 Å². The van der Waals surface area contributed by atoms with Gasteiger partial charge in [-0.25, -0.2) is 0 Å². The zero-order valence-corrected chi connectivity index (χ0v) is 22.4. The zero-order valence-electron chi connectivity index (χ0n) is 19.3. The summed E-state index contributed by atoms with van der Waals surface area (Å²) >= 11 is 6.92. The predicted molar refractivity (Wildman–Crippen MR) is 143 cm³/mol. The standard InChI is InChI=1S/C28H22Br2O5/c1-15(2)21-14-26(35-28-23(29)11-20(12-24(28)30)34-16(3)31)22(13-25(21)32)27(33)19-9-8-17-6-4-5-7-18(17)10-19/h4-15,32H,1-3H3. The van der Waals surface area contributed by atoms with Crippen LogP contribution in [0, 0.1) is 0 Å². The number of halogens is 2. The average molecular weight is 598 g/mol. The lowest BCUT2D eigenvalue weighted by atomic mass is 9.95. The first-order valence-electron chi connectivity index (χ1n) is 10.9. The second kappa shape index (κ2) is 10.2. The number of hydrogen-bond donors (Lipinski definition) is 1. The lowest BCUT2D eigenvalue weighted by molar-refractivity contribution is -0.131. The van der Waals surface area contributed by atoms with Crippen molar-refractivity contribution in [3.05, 3.63) is 92.4 Å². The van der Waals surface area contributed by atoms with Crippen LogP contribution >= 0.6 is 31.9 Å². The van der Waals surface area contributed by atoms with Gasteiger partial charge in [-0.3, -0.25) is 9.59 Å². The highest BCUT2D eigenvalue weighted by Gasteiger charge is 2.22. The van der Waals surface area contributed by atoms with Gasteiger partial charge in [0.1, 0.15) is 17.2 Å². The highest BCUT2D eigenvalue weighted by molar-refractivity contribution is 9.11. The highest BCUT2D eigenvalue weighted by Crippen LogP contribution is 2.43. The molecule has 1 N–H and O–H groups in total. The normalized spacial score (nSPS) is 11.0. The molecule has 5 nitrogen and oxygen atoms in total. The number of esters is 1. The Hall–Kier alpha value is -3.16. The number of ether oxygens (including phenoxy) is 2. The number of benzene rings is 4. The summed E-state index contributed by atoms with van der Waals surface area (Å²) in [6.07, 6.45) is 0. The van der Waals surface area contributed by atoms with Crippen LogP contribution in [0.25, 0.3) is 10.8 Å². The van der Waals surface area contributed by atoms with E-state index in [2.05, 4.69) is 31.9 Å². The largest absolute Gasteiger partial charge is 0.508 e. The van der Waals surface area contributed by atoms with Crippen LogP contribution in [0.1, 0.15) is 48.2 Å². The van der Waals surface area contributed by atoms with E-state index in [1.807, 2.05) is 50.2 Å². The van der Waals surface area contributed by atoms with Gasteiger partial charge in [0.05, 0.1) is 14.5 Å². The van der Waals surface area contributed by atoms with E-state index >= 15 is 0 Å². The van der Waals surface area contributed by atoms with E-state index in [4.69, 9.17) is 9.47 Å². The molecule has 0 amide bonds. The second-order valence-corrected chi connectivity index (χ2v) is 10.1. The minimum atomic E-state index is -0.444. The minimum absolute atomic E-state index is 0.000366. The van der Waals surface area contributed by atoms with Crippen LogP contribution in [0.3, 0.4) is 0 Å². The molecule has 7 heteroatoms. The van der Waals surface area contributed by atoms with Gasteiger partial charge in [0.2, 0.25) is 0 Å². The van der Waals surface area contributed by atoms with Crippen molar-refractivity contribution in [3.8, 4) is 23.0 Å². The number of aromatic hydroxyl groups is 1. The number of phenolic OH excluding ortho intramolecular Hbond substituents is 1. The van der Waals surface area contributed by atoms with Gasteiger partial charge in [-0.15, -0.1) is 0 Å². The van der Waals surface area contributed by atoms with Crippen molar-refractivity contribution < 1.29 is 24.2 Å². The fraction of sp³-hybridized carbons (Fsp3) is 0.143. The van der Waals surface area contributed by atoms with Crippen LogP contribution in [0.5, 0.6) is 23.0 Å². The lowest BCUT2D eigenvalue weighted by Gasteiger charge is -2.18. The number of fused-ring (bicyclic) bond motifs is 1. The van der Waals surface area contributed by atoms with Crippen molar-refractivity contribution in [2.24, 2.45) is 0 Å². The maximum atomic E-state index is 13.6. The quantitative estimate of drug-likeness (QED) is 0.138. The molecule has 4 rings (SSSR count). The van der Waals surface area contributed by atoms with Crippen LogP contribution in [0.4, 0.5) is 0 Å². The number of phenols is 1. The van der Waals surface area contributed by atoms with Gasteiger partial charge in [-0.2, -0.15) is 0 Å². The van der Waals surface area contributed by atoms with Crippen molar-refractivity contribution in [1.29, 1.82) is 0 Å². The maximum Gasteiger partial charge on any atom is 0.308 e. The predicted octanol–water partition coefficient (Wildman–Crippen LogP) is 8.14. The molecule has 0 bridgehead atoms. The molecule has 178 valence electrons. The monoisotopic (exact) mass is 596 g/mol. The molecule has 0 fully saturated rings. The van der Waals surface area contributed by atoms with E-state index in [0.29, 0.717) is 37.3 Å². The van der Waals surface area contributed by atoms with Crippen molar-refractivity contribution in [1.82, 2.24) is 0 Å². The van der Waals surface area contributed by atoms with E-state index in [9.17, 15) is 14.7 Å². The van der Waals surface area contributed by atoms with Crippen molar-refractivity contribution in [3.63, 3.8) is 0 Å². The Morgan fingerprint density at radius 1 is 0.886 bits per heavy atom. The molecule has 0 aliphatic heterocycles. The Kier molecular flexibility index (Phi) is 7.28. The molecule has 0 unspecified atom stereocenters. The Bertz CT molecular complexity index is 1440. The van der Waals surface area contributed by atoms with Gasteiger partial charge < -0.3 is 14.6 Å². The summed E-state index contributed by atoms with van der Waals surface area (Å²) in [7, 11) is 0. The minimum Gasteiger partial charge on any atom is -0.508 e. The summed E-state index contributed by atoms with van der Waals surface area (Å²) in [5.41, 5.74) is 1.36. The van der Waals surface area contributed by atoms with Gasteiger partial charge in [0.25, 0.3) is 0 Å². The Morgan fingerprint density at radius 2 is 1.54 bits per heavy atom. The molecule has 35 heavy (non-hydrogen) atoms. The van der Waals surface area contributed by atoms with Gasteiger partial charge in [-0.1, -0.05) is 50.2 Å². The van der Waals surface area contributed by atoms with E-state index in [1.54, 1.807) is 24.3 Å². The summed E-state index contributed by atoms with van der Waals surface area (Å²) in [5, 5.41) is 12.6. The van der Waals surface area contributed by atoms with Crippen LogP contribution < -0.4 is 9.47 Å². The fourth-order valence-electron chi connectivity index (χ4n) is 3.76. The molecule has 4 aromatic rings. The third-order valence-electron chi connectivity index (χ3n) is 5.45. The molecule has 0 saturated carbocycles. The van der Waals surface area contributed by atoms with Crippen LogP contribution in [-0.2, 0) is 4.79 Å². The summed E-state index contributed by atoms with van der Waals surface area (Å²) in [6, 6.07) is 19.6. The smallest absolute Gasteiger partial charge is 0.308 e. The molecule has 0 aliphatic rings. The molecule has 4 aromatic carbocycles. The van der Waals surface area contributed by atoms with Gasteiger partial charge >= 0.3 is 5.97 Å². The van der Waals surface area contributed by atoms with Crippen LogP contribution in [0.15, 0.2) is 75.7 Å².